The van der Waals surface area contributed by atoms with Crippen molar-refractivity contribution < 1.29 is 0 Å². The number of fused-ring (bicyclic) bond motifs is 1. The number of halogens is 1. The van der Waals surface area contributed by atoms with Crippen LogP contribution in [-0.2, 0) is 0 Å². The first-order valence-electron chi connectivity index (χ1n) is 7.52. The summed E-state index contributed by atoms with van der Waals surface area (Å²) in [5, 5.41) is 0. The fraction of sp³-hybridized carbons (Fsp3) is 0.857. The first-order chi connectivity index (χ1) is 8.69. The van der Waals surface area contributed by atoms with E-state index in [1.54, 1.807) is 0 Å². The molecular formula is C14H27ClN2Si. The quantitative estimate of drug-likeness (QED) is 0.442. The van der Waals surface area contributed by atoms with Gasteiger partial charge >= 0.3 is 7.71 Å². The minimum Gasteiger partial charge on any atom is -0.295 e. The average molecular weight is 287 g/mol. The first-order valence-corrected chi connectivity index (χ1v) is 10.6. The van der Waals surface area contributed by atoms with E-state index in [9.17, 15) is 0 Å². The summed E-state index contributed by atoms with van der Waals surface area (Å²) in [6.07, 6.45) is 9.92. The summed E-state index contributed by atoms with van der Waals surface area (Å²) in [7, 11) is -1.94. The van der Waals surface area contributed by atoms with Gasteiger partial charge in [-0.15, -0.1) is 11.1 Å². The van der Waals surface area contributed by atoms with Gasteiger partial charge < -0.3 is 0 Å². The van der Waals surface area contributed by atoms with Gasteiger partial charge in [0.1, 0.15) is 0 Å². The third-order valence-electron chi connectivity index (χ3n) is 4.67. The zero-order valence-corrected chi connectivity index (χ0v) is 13.8. The van der Waals surface area contributed by atoms with Crippen molar-refractivity contribution in [2.75, 3.05) is 13.1 Å². The highest BCUT2D eigenvalue weighted by Gasteiger charge is 2.57. The smallest absolute Gasteiger partial charge is 0.295 e. The molecule has 18 heavy (non-hydrogen) atoms. The molecule has 2 fully saturated rings. The summed E-state index contributed by atoms with van der Waals surface area (Å²) in [5.74, 6) is 0. The number of hydrogen-bond donors (Lipinski definition) is 0. The minimum atomic E-state index is -1.94. The van der Waals surface area contributed by atoms with Gasteiger partial charge in [-0.25, -0.2) is 0 Å². The van der Waals surface area contributed by atoms with Gasteiger partial charge in [-0.2, -0.15) is 0 Å². The van der Waals surface area contributed by atoms with Crippen LogP contribution in [0.15, 0.2) is 12.2 Å². The predicted molar refractivity (Wildman–Crippen MR) is 82.0 cm³/mol. The molecule has 3 atom stereocenters. The second-order valence-corrected chi connectivity index (χ2v) is 10.3. The maximum atomic E-state index is 7.20. The summed E-state index contributed by atoms with van der Waals surface area (Å²) in [4.78, 5) is 0. The molecule has 2 rings (SSSR count). The summed E-state index contributed by atoms with van der Waals surface area (Å²) in [6, 6.07) is 2.54. The Kier molecular flexibility index (Phi) is 4.92. The molecule has 0 aromatic rings. The standard InChI is InChI=1S/C14H27ClN2Si/c1-4-7-12-18(15)16(5-2)13-10-8-9-11-14(13)17(18)6-3/h4,7,13-14H,5-6,8-12H2,1-3H3/b7-4-/t13-,14?,18?/m1/s1. The highest BCUT2D eigenvalue weighted by atomic mass is 35.6. The number of hydrogen-bond acceptors (Lipinski definition) is 2. The van der Waals surface area contributed by atoms with Crippen LogP contribution in [-0.4, -0.2) is 42.0 Å². The van der Waals surface area contributed by atoms with Crippen LogP contribution in [0.25, 0.3) is 0 Å². The lowest BCUT2D eigenvalue weighted by molar-refractivity contribution is 0.210. The first kappa shape index (κ1) is 14.6. The molecular weight excluding hydrogens is 260 g/mol. The van der Waals surface area contributed by atoms with E-state index in [1.165, 1.54) is 25.7 Å². The van der Waals surface area contributed by atoms with E-state index in [0.29, 0.717) is 0 Å². The lowest BCUT2D eigenvalue weighted by Gasteiger charge is -2.35. The molecule has 104 valence electrons. The van der Waals surface area contributed by atoms with Crippen molar-refractivity contribution in [1.82, 2.24) is 9.13 Å². The zero-order valence-electron chi connectivity index (χ0n) is 12.0. The molecule has 1 heterocycles. The molecule has 0 bridgehead atoms. The minimum absolute atomic E-state index is 0.734. The molecule has 0 amide bonds. The Morgan fingerprint density at radius 2 is 1.61 bits per heavy atom. The van der Waals surface area contributed by atoms with Crippen LogP contribution in [0.1, 0.15) is 46.5 Å². The molecule has 1 aliphatic carbocycles. The average Bonchev–Trinajstić information content (AvgIpc) is 2.64. The van der Waals surface area contributed by atoms with Gasteiger partial charge in [-0.3, -0.25) is 9.13 Å². The monoisotopic (exact) mass is 286 g/mol. The number of nitrogens with zero attached hydrogens (tertiary/aromatic N) is 2. The van der Waals surface area contributed by atoms with Gasteiger partial charge in [0.2, 0.25) is 0 Å². The van der Waals surface area contributed by atoms with Crippen molar-refractivity contribution in [3.8, 4) is 0 Å². The van der Waals surface area contributed by atoms with Crippen molar-refractivity contribution in [2.45, 2.75) is 64.6 Å². The van der Waals surface area contributed by atoms with E-state index in [0.717, 1.165) is 31.2 Å². The highest BCUT2D eigenvalue weighted by Crippen LogP contribution is 2.43. The third-order valence-corrected chi connectivity index (χ3v) is 10.2. The Bertz CT molecular complexity index is 288. The van der Waals surface area contributed by atoms with Gasteiger partial charge in [-0.05, 0) is 32.9 Å². The van der Waals surface area contributed by atoms with Gasteiger partial charge in [0.15, 0.2) is 0 Å². The van der Waals surface area contributed by atoms with E-state index in [4.69, 9.17) is 11.1 Å². The Hall–Kier alpha value is 0.167. The number of likely N-dealkylation sites (N-methyl/N-ethyl adjacent to an activating group) is 2. The molecule has 0 spiro atoms. The van der Waals surface area contributed by atoms with E-state index >= 15 is 0 Å². The van der Waals surface area contributed by atoms with Gasteiger partial charge in [0, 0.05) is 18.1 Å². The van der Waals surface area contributed by atoms with Crippen molar-refractivity contribution in [2.24, 2.45) is 0 Å². The molecule has 0 N–H and O–H groups in total. The highest BCUT2D eigenvalue weighted by molar-refractivity contribution is 7.17. The number of rotatable bonds is 4. The summed E-state index contributed by atoms with van der Waals surface area (Å²) >= 11 is 7.20. The molecule has 2 aliphatic rings. The van der Waals surface area contributed by atoms with Gasteiger partial charge in [0.05, 0.1) is 0 Å². The molecule has 0 aromatic carbocycles. The van der Waals surface area contributed by atoms with Crippen LogP contribution < -0.4 is 0 Å². The molecule has 2 unspecified atom stereocenters. The second-order valence-electron chi connectivity index (χ2n) is 5.48. The molecule has 0 radical (unpaired) electrons. The van der Waals surface area contributed by atoms with Crippen molar-refractivity contribution in [3.63, 3.8) is 0 Å². The van der Waals surface area contributed by atoms with Crippen LogP contribution in [0.5, 0.6) is 0 Å². The van der Waals surface area contributed by atoms with E-state index < -0.39 is 7.71 Å². The topological polar surface area (TPSA) is 6.48 Å². The van der Waals surface area contributed by atoms with Crippen LogP contribution in [0, 0.1) is 0 Å². The SMILES string of the molecule is C/C=C\C[Si]1(Cl)N(CC)C2CCCC[C@H]2N1CC. The molecule has 4 heteroatoms. The van der Waals surface area contributed by atoms with Crippen molar-refractivity contribution >= 4 is 18.8 Å². The Balaban J connectivity index is 2.28. The Labute approximate surface area is 118 Å². The maximum Gasteiger partial charge on any atom is 0.311 e. The summed E-state index contributed by atoms with van der Waals surface area (Å²) in [6.45, 7) is 8.90. The van der Waals surface area contributed by atoms with Gasteiger partial charge in [-0.1, -0.05) is 38.8 Å². The largest absolute Gasteiger partial charge is 0.311 e. The molecule has 1 saturated heterocycles. The normalized spacial score (nSPS) is 38.4. The molecule has 2 nitrogen and oxygen atoms in total. The van der Waals surface area contributed by atoms with Gasteiger partial charge in [0.25, 0.3) is 0 Å². The van der Waals surface area contributed by atoms with Crippen LogP contribution in [0.4, 0.5) is 0 Å². The molecule has 0 aromatic heterocycles. The maximum absolute atomic E-state index is 7.20. The lowest BCUT2D eigenvalue weighted by atomic mass is 9.90. The second kappa shape index (κ2) is 6.08. The summed E-state index contributed by atoms with van der Waals surface area (Å²) in [5.41, 5.74) is 0. The lowest BCUT2D eigenvalue weighted by Crippen LogP contribution is -2.55. The zero-order chi connectivity index (χ0) is 13.2. The predicted octanol–water partition coefficient (Wildman–Crippen LogP) is 3.71. The van der Waals surface area contributed by atoms with E-state index in [2.05, 4.69) is 42.1 Å². The third kappa shape index (κ3) is 2.31. The van der Waals surface area contributed by atoms with Crippen LogP contribution >= 0.6 is 11.1 Å². The van der Waals surface area contributed by atoms with Crippen molar-refractivity contribution in [3.05, 3.63) is 12.2 Å². The Morgan fingerprint density at radius 1 is 1.11 bits per heavy atom. The fourth-order valence-corrected chi connectivity index (χ4v) is 9.61. The molecule has 1 saturated carbocycles. The fourth-order valence-electron chi connectivity index (χ4n) is 3.95. The number of allylic oxidation sites excluding steroid dienone is 2. The molecule has 1 aliphatic heterocycles. The van der Waals surface area contributed by atoms with Crippen molar-refractivity contribution in [1.29, 1.82) is 0 Å². The van der Waals surface area contributed by atoms with Crippen LogP contribution in [0.3, 0.4) is 0 Å². The summed E-state index contributed by atoms with van der Waals surface area (Å²) < 4.78 is 5.36. The van der Waals surface area contributed by atoms with E-state index in [-0.39, 0.29) is 0 Å². The van der Waals surface area contributed by atoms with E-state index in [1.807, 2.05) is 0 Å². The van der Waals surface area contributed by atoms with Crippen LogP contribution in [0.2, 0.25) is 6.04 Å². The Morgan fingerprint density at radius 3 is 2.00 bits per heavy atom.